The van der Waals surface area contributed by atoms with Gasteiger partial charge in [0.15, 0.2) is 6.10 Å². The highest BCUT2D eigenvalue weighted by molar-refractivity contribution is 5.91. The molecule has 21 heavy (non-hydrogen) atoms. The van der Waals surface area contributed by atoms with Crippen molar-refractivity contribution >= 4 is 11.9 Å². The molecule has 1 rings (SSSR count). The van der Waals surface area contributed by atoms with E-state index in [0.29, 0.717) is 5.56 Å². The van der Waals surface area contributed by atoms with Crippen molar-refractivity contribution in [3.63, 3.8) is 0 Å². The molecule has 0 fully saturated rings. The van der Waals surface area contributed by atoms with Crippen LogP contribution in [0.3, 0.4) is 0 Å². The van der Waals surface area contributed by atoms with E-state index in [1.807, 2.05) is 0 Å². The smallest absolute Gasteiger partial charge is 0.411 e. The first-order valence-electron chi connectivity index (χ1n) is 5.93. The third-order valence-electron chi connectivity index (χ3n) is 2.41. The molecule has 5 nitrogen and oxygen atoms in total. The second-order valence-electron chi connectivity index (χ2n) is 4.25. The maximum atomic E-state index is 11.9. The van der Waals surface area contributed by atoms with Gasteiger partial charge in [0.25, 0.3) is 5.91 Å². The fourth-order valence-electron chi connectivity index (χ4n) is 1.31. The number of carbonyl (C=O) groups is 2. The van der Waals surface area contributed by atoms with Gasteiger partial charge in [-0.15, -0.1) is 0 Å². The number of primary amides is 1. The number of nitrogens with two attached hydrogens (primary N) is 1. The fraction of sp³-hybridized carbons (Fsp3) is 0.385. The Bertz CT molecular complexity index is 499. The number of halogens is 3. The van der Waals surface area contributed by atoms with Crippen molar-refractivity contribution in [2.75, 3.05) is 6.61 Å². The Morgan fingerprint density at radius 1 is 1.24 bits per heavy atom. The Morgan fingerprint density at radius 3 is 2.29 bits per heavy atom. The number of carbonyl (C=O) groups excluding carboxylic acids is 2. The monoisotopic (exact) mass is 305 g/mol. The molecular weight excluding hydrogens is 291 g/mol. The van der Waals surface area contributed by atoms with E-state index in [4.69, 9.17) is 10.5 Å². The quantitative estimate of drug-likeness (QED) is 0.813. The van der Waals surface area contributed by atoms with Crippen LogP contribution in [0.2, 0.25) is 0 Å². The van der Waals surface area contributed by atoms with Gasteiger partial charge in [0, 0.05) is 0 Å². The summed E-state index contributed by atoms with van der Waals surface area (Å²) in [5.41, 5.74) is 5.58. The van der Waals surface area contributed by atoms with Crippen LogP contribution in [0.25, 0.3) is 0 Å². The summed E-state index contributed by atoms with van der Waals surface area (Å²) in [5, 5.41) is 0. The van der Waals surface area contributed by atoms with Gasteiger partial charge in [-0.25, -0.2) is 4.79 Å². The number of amides is 1. The van der Waals surface area contributed by atoms with Crippen molar-refractivity contribution in [2.24, 2.45) is 5.73 Å². The van der Waals surface area contributed by atoms with Crippen LogP contribution in [0.1, 0.15) is 22.8 Å². The molecule has 0 aliphatic heterocycles. The molecule has 0 aliphatic carbocycles. The van der Waals surface area contributed by atoms with Crippen LogP contribution < -0.4 is 5.73 Å². The zero-order valence-corrected chi connectivity index (χ0v) is 11.1. The minimum atomic E-state index is -4.38. The lowest BCUT2D eigenvalue weighted by Crippen LogP contribution is -2.30. The molecule has 1 amide bonds. The fourth-order valence-corrected chi connectivity index (χ4v) is 1.31. The van der Waals surface area contributed by atoms with Crippen LogP contribution in [-0.4, -0.2) is 30.8 Å². The average Bonchev–Trinajstić information content (AvgIpc) is 2.37. The summed E-state index contributed by atoms with van der Waals surface area (Å²) >= 11 is 0. The predicted octanol–water partition coefficient (Wildman–Crippen LogP) is 1.80. The summed E-state index contributed by atoms with van der Waals surface area (Å²) in [4.78, 5) is 22.4. The number of hydrogen-bond acceptors (Lipinski definition) is 4. The zero-order chi connectivity index (χ0) is 16.0. The van der Waals surface area contributed by atoms with Gasteiger partial charge in [-0.05, 0) is 24.6 Å². The van der Waals surface area contributed by atoms with E-state index >= 15 is 0 Å². The van der Waals surface area contributed by atoms with Gasteiger partial charge in [0.1, 0.15) is 6.61 Å². The first-order chi connectivity index (χ1) is 9.69. The van der Waals surface area contributed by atoms with E-state index in [2.05, 4.69) is 4.74 Å². The van der Waals surface area contributed by atoms with Gasteiger partial charge in [-0.3, -0.25) is 4.79 Å². The molecular formula is C13H14F3NO4. The van der Waals surface area contributed by atoms with Gasteiger partial charge in [-0.1, -0.05) is 12.1 Å². The molecule has 1 aromatic carbocycles. The lowest BCUT2D eigenvalue weighted by molar-refractivity contribution is -0.176. The molecule has 0 unspecified atom stereocenters. The molecule has 0 spiro atoms. The number of hydrogen-bond donors (Lipinski definition) is 1. The second kappa shape index (κ2) is 7.07. The van der Waals surface area contributed by atoms with E-state index in [-0.39, 0.29) is 12.2 Å². The van der Waals surface area contributed by atoms with Crippen molar-refractivity contribution in [1.82, 2.24) is 0 Å². The van der Waals surface area contributed by atoms with Crippen LogP contribution in [-0.2, 0) is 20.9 Å². The summed E-state index contributed by atoms with van der Waals surface area (Å²) in [6.07, 6.45) is -5.44. The maximum absolute atomic E-state index is 11.9. The van der Waals surface area contributed by atoms with Crippen molar-refractivity contribution in [3.05, 3.63) is 35.4 Å². The highest BCUT2D eigenvalue weighted by atomic mass is 19.4. The number of rotatable bonds is 6. The van der Waals surface area contributed by atoms with Crippen molar-refractivity contribution in [1.29, 1.82) is 0 Å². The van der Waals surface area contributed by atoms with E-state index in [1.165, 1.54) is 31.2 Å². The summed E-state index contributed by atoms with van der Waals surface area (Å²) in [6, 6.07) is 5.59. The highest BCUT2D eigenvalue weighted by Gasteiger charge is 2.27. The Morgan fingerprint density at radius 2 is 1.81 bits per heavy atom. The first kappa shape index (κ1) is 17.0. The van der Waals surface area contributed by atoms with E-state index in [1.54, 1.807) is 0 Å². The van der Waals surface area contributed by atoms with Crippen LogP contribution in [0, 0.1) is 0 Å². The number of alkyl halides is 3. The summed E-state index contributed by atoms with van der Waals surface area (Å²) in [5.74, 6) is -1.52. The number of benzene rings is 1. The normalized spacial score (nSPS) is 12.8. The summed E-state index contributed by atoms with van der Waals surface area (Å²) in [7, 11) is 0. The molecule has 1 atom stereocenters. The average molecular weight is 305 g/mol. The molecule has 0 heterocycles. The molecule has 0 saturated carbocycles. The minimum Gasteiger partial charge on any atom is -0.449 e. The third-order valence-corrected chi connectivity index (χ3v) is 2.41. The lowest BCUT2D eigenvalue weighted by Gasteiger charge is -2.10. The third kappa shape index (κ3) is 6.26. The van der Waals surface area contributed by atoms with Gasteiger partial charge >= 0.3 is 12.1 Å². The van der Waals surface area contributed by atoms with E-state index in [0.717, 1.165) is 0 Å². The molecule has 0 radical (unpaired) electrons. The Labute approximate surface area is 118 Å². The van der Waals surface area contributed by atoms with E-state index < -0.39 is 30.8 Å². The van der Waals surface area contributed by atoms with Crippen LogP contribution in [0.5, 0.6) is 0 Å². The van der Waals surface area contributed by atoms with Crippen LogP contribution in [0.15, 0.2) is 24.3 Å². The Balaban J connectivity index is 2.53. The molecule has 0 bridgehead atoms. The van der Waals surface area contributed by atoms with E-state index in [9.17, 15) is 22.8 Å². The van der Waals surface area contributed by atoms with Crippen molar-refractivity contribution in [2.45, 2.75) is 25.8 Å². The van der Waals surface area contributed by atoms with Gasteiger partial charge in [-0.2, -0.15) is 13.2 Å². The Hall–Kier alpha value is -2.09. The molecule has 0 saturated heterocycles. The first-order valence-corrected chi connectivity index (χ1v) is 5.93. The predicted molar refractivity (Wildman–Crippen MR) is 66.2 cm³/mol. The molecule has 116 valence electrons. The largest absolute Gasteiger partial charge is 0.449 e. The van der Waals surface area contributed by atoms with Gasteiger partial charge in [0.05, 0.1) is 12.2 Å². The van der Waals surface area contributed by atoms with Crippen molar-refractivity contribution in [3.8, 4) is 0 Å². The lowest BCUT2D eigenvalue weighted by atomic mass is 10.1. The second-order valence-corrected chi connectivity index (χ2v) is 4.25. The SMILES string of the molecule is C[C@H](OC(=O)c1ccc(COCC(F)(F)F)cc1)C(N)=O. The summed E-state index contributed by atoms with van der Waals surface area (Å²) < 4.78 is 44.9. The van der Waals surface area contributed by atoms with Crippen molar-refractivity contribution < 1.29 is 32.2 Å². The summed E-state index contributed by atoms with van der Waals surface area (Å²) in [6.45, 7) is -0.237. The zero-order valence-electron chi connectivity index (χ0n) is 11.1. The molecule has 2 N–H and O–H groups in total. The molecule has 0 aliphatic rings. The number of esters is 1. The van der Waals surface area contributed by atoms with Crippen LogP contribution in [0.4, 0.5) is 13.2 Å². The molecule has 1 aromatic rings. The minimum absolute atomic E-state index is 0.155. The topological polar surface area (TPSA) is 78.6 Å². The van der Waals surface area contributed by atoms with Gasteiger partial charge < -0.3 is 15.2 Å². The van der Waals surface area contributed by atoms with Gasteiger partial charge in [0.2, 0.25) is 0 Å². The highest BCUT2D eigenvalue weighted by Crippen LogP contribution is 2.16. The maximum Gasteiger partial charge on any atom is 0.411 e. The standard InChI is InChI=1S/C13H14F3NO4/c1-8(11(17)18)21-12(19)10-4-2-9(3-5-10)6-20-7-13(14,15)16/h2-5,8H,6-7H2,1H3,(H2,17,18)/t8-/m0/s1. The number of ether oxygens (including phenoxy) is 2. The Kier molecular flexibility index (Phi) is 5.71. The molecule has 8 heteroatoms. The molecule has 0 aromatic heterocycles. The van der Waals surface area contributed by atoms with Crippen LogP contribution >= 0.6 is 0 Å².